The molecule has 1 heterocycles. The highest BCUT2D eigenvalue weighted by Crippen LogP contribution is 2.14. The van der Waals surface area contributed by atoms with Gasteiger partial charge in [-0.05, 0) is 31.3 Å². The van der Waals surface area contributed by atoms with E-state index in [9.17, 15) is 8.78 Å². The van der Waals surface area contributed by atoms with E-state index in [-0.39, 0.29) is 10.8 Å². The van der Waals surface area contributed by atoms with Crippen LogP contribution in [0, 0.1) is 11.6 Å². The van der Waals surface area contributed by atoms with E-state index in [1.807, 2.05) is 13.1 Å². The fourth-order valence-corrected chi connectivity index (χ4v) is 1.79. The summed E-state index contributed by atoms with van der Waals surface area (Å²) >= 11 is 5.05. The van der Waals surface area contributed by atoms with Crippen molar-refractivity contribution in [2.24, 2.45) is 0 Å². The van der Waals surface area contributed by atoms with Crippen molar-refractivity contribution >= 4 is 23.0 Å². The molecule has 0 unspecified atom stereocenters. The molecular weight excluding hydrogens is 282 g/mol. The number of anilines is 1. The van der Waals surface area contributed by atoms with E-state index >= 15 is 0 Å². The highest BCUT2D eigenvalue weighted by molar-refractivity contribution is 7.80. The molecule has 0 bridgehead atoms. The third-order valence-corrected chi connectivity index (χ3v) is 2.89. The van der Waals surface area contributed by atoms with Crippen LogP contribution in [0.5, 0.6) is 0 Å². The first-order valence-electron chi connectivity index (χ1n) is 6.09. The van der Waals surface area contributed by atoms with Gasteiger partial charge in [0.25, 0.3) is 0 Å². The van der Waals surface area contributed by atoms with Crippen LogP contribution in [-0.4, -0.2) is 14.9 Å². The minimum absolute atomic E-state index is 0.133. The smallest absolute Gasteiger partial charge is 0.171 e. The van der Waals surface area contributed by atoms with Crippen LogP contribution in [0.3, 0.4) is 0 Å². The topological polar surface area (TPSA) is 41.9 Å². The zero-order chi connectivity index (χ0) is 14.5. The van der Waals surface area contributed by atoms with Crippen molar-refractivity contribution in [1.29, 1.82) is 0 Å². The summed E-state index contributed by atoms with van der Waals surface area (Å²) in [4.78, 5) is 0. The Morgan fingerprint density at radius 3 is 2.85 bits per heavy atom. The molecule has 0 saturated carbocycles. The van der Waals surface area contributed by atoms with Crippen molar-refractivity contribution in [2.75, 3.05) is 5.32 Å². The second-order valence-corrected chi connectivity index (χ2v) is 4.54. The molecule has 0 saturated heterocycles. The lowest BCUT2D eigenvalue weighted by Gasteiger charge is -2.10. The summed E-state index contributed by atoms with van der Waals surface area (Å²) in [5, 5.41) is 10.0. The fraction of sp³-hybridized carbons (Fsp3) is 0.231. The molecule has 1 aromatic heterocycles. The Hall–Kier alpha value is -2.02. The third kappa shape index (κ3) is 3.74. The van der Waals surface area contributed by atoms with Crippen LogP contribution >= 0.6 is 12.2 Å². The zero-order valence-electron chi connectivity index (χ0n) is 10.9. The number of thiocarbonyl (C=S) groups is 1. The number of aryl methyl sites for hydroxylation is 1. The molecule has 1 aromatic carbocycles. The summed E-state index contributed by atoms with van der Waals surface area (Å²) in [5.41, 5.74) is 1.10. The number of halogens is 2. The monoisotopic (exact) mass is 296 g/mol. The summed E-state index contributed by atoms with van der Waals surface area (Å²) in [6.45, 7) is 3.27. The largest absolute Gasteiger partial charge is 0.358 e. The van der Waals surface area contributed by atoms with Crippen molar-refractivity contribution in [1.82, 2.24) is 15.1 Å². The second kappa shape index (κ2) is 6.42. The summed E-state index contributed by atoms with van der Waals surface area (Å²) in [7, 11) is 0. The average molecular weight is 296 g/mol. The van der Waals surface area contributed by atoms with Crippen molar-refractivity contribution in [2.45, 2.75) is 20.0 Å². The lowest BCUT2D eigenvalue weighted by atomic mass is 10.3. The summed E-state index contributed by atoms with van der Waals surface area (Å²) < 4.78 is 28.0. The summed E-state index contributed by atoms with van der Waals surface area (Å²) in [5.74, 6) is -1.31. The van der Waals surface area contributed by atoms with E-state index in [1.165, 1.54) is 12.1 Å². The lowest BCUT2D eigenvalue weighted by Crippen LogP contribution is -2.28. The Balaban J connectivity index is 1.89. The Kier molecular flexibility index (Phi) is 4.62. The maximum Gasteiger partial charge on any atom is 0.171 e. The molecule has 0 atom stereocenters. The van der Waals surface area contributed by atoms with Crippen LogP contribution in [-0.2, 0) is 13.1 Å². The van der Waals surface area contributed by atoms with Gasteiger partial charge in [-0.1, -0.05) is 0 Å². The van der Waals surface area contributed by atoms with Gasteiger partial charge in [0.2, 0.25) is 0 Å². The van der Waals surface area contributed by atoms with E-state index in [0.717, 1.165) is 18.2 Å². The lowest BCUT2D eigenvalue weighted by molar-refractivity contribution is 0.586. The Morgan fingerprint density at radius 2 is 2.20 bits per heavy atom. The maximum absolute atomic E-state index is 13.4. The minimum Gasteiger partial charge on any atom is -0.358 e. The first kappa shape index (κ1) is 14.4. The van der Waals surface area contributed by atoms with Crippen LogP contribution in [0.4, 0.5) is 14.5 Å². The number of rotatable bonds is 4. The highest BCUT2D eigenvalue weighted by Gasteiger charge is 2.05. The van der Waals surface area contributed by atoms with Crippen molar-refractivity contribution in [3.63, 3.8) is 0 Å². The minimum atomic E-state index is -0.687. The molecule has 0 spiro atoms. The Bertz CT molecular complexity index is 612. The number of hydrogen-bond acceptors (Lipinski definition) is 2. The molecule has 106 valence electrons. The van der Waals surface area contributed by atoms with Crippen LogP contribution in [0.1, 0.15) is 12.5 Å². The van der Waals surface area contributed by atoms with Crippen LogP contribution < -0.4 is 10.6 Å². The molecule has 0 aliphatic heterocycles. The molecule has 0 amide bonds. The van der Waals surface area contributed by atoms with Gasteiger partial charge in [-0.3, -0.25) is 4.68 Å². The normalized spacial score (nSPS) is 10.3. The number of nitrogens with one attached hydrogen (secondary N) is 2. The summed E-state index contributed by atoms with van der Waals surface area (Å²) in [6.07, 6.45) is 3.63. The molecule has 4 nitrogen and oxygen atoms in total. The number of aromatic nitrogens is 2. The van der Waals surface area contributed by atoms with Gasteiger partial charge < -0.3 is 10.6 Å². The van der Waals surface area contributed by atoms with E-state index in [1.54, 1.807) is 10.9 Å². The molecule has 20 heavy (non-hydrogen) atoms. The summed E-state index contributed by atoms with van der Waals surface area (Å²) in [6, 6.07) is 3.27. The maximum atomic E-state index is 13.4. The molecule has 0 radical (unpaired) electrons. The molecule has 0 fully saturated rings. The van der Waals surface area contributed by atoms with Gasteiger partial charge in [-0.25, -0.2) is 8.78 Å². The number of benzene rings is 1. The van der Waals surface area contributed by atoms with Crippen LogP contribution in [0.25, 0.3) is 0 Å². The van der Waals surface area contributed by atoms with E-state index in [0.29, 0.717) is 6.54 Å². The predicted molar refractivity (Wildman–Crippen MR) is 77.3 cm³/mol. The standard InChI is InChI=1S/C13H14F2N4S/c1-2-19-8-9(7-17-19)6-16-13(20)18-12-4-3-10(14)5-11(12)15/h3-5,7-8H,2,6H2,1H3,(H2,16,18,20). The van der Waals surface area contributed by atoms with Crippen LogP contribution in [0.2, 0.25) is 0 Å². The average Bonchev–Trinajstić information content (AvgIpc) is 2.88. The van der Waals surface area contributed by atoms with E-state index in [4.69, 9.17) is 12.2 Å². The van der Waals surface area contributed by atoms with E-state index < -0.39 is 11.6 Å². The molecule has 0 aliphatic rings. The molecule has 0 aliphatic carbocycles. The first-order chi connectivity index (χ1) is 9.58. The van der Waals surface area contributed by atoms with Crippen LogP contribution in [0.15, 0.2) is 30.6 Å². The predicted octanol–water partition coefficient (Wildman–Crippen LogP) is 2.67. The highest BCUT2D eigenvalue weighted by atomic mass is 32.1. The van der Waals surface area contributed by atoms with Gasteiger partial charge >= 0.3 is 0 Å². The van der Waals surface area contributed by atoms with Gasteiger partial charge in [0.15, 0.2) is 5.11 Å². The fourth-order valence-electron chi connectivity index (χ4n) is 1.61. The third-order valence-electron chi connectivity index (χ3n) is 2.64. The molecular formula is C13H14F2N4S. The molecule has 2 rings (SSSR count). The molecule has 2 N–H and O–H groups in total. The molecule has 2 aromatic rings. The van der Waals surface area contributed by atoms with Gasteiger partial charge in [0, 0.05) is 30.9 Å². The molecule has 7 heteroatoms. The van der Waals surface area contributed by atoms with Gasteiger partial charge in [-0.15, -0.1) is 0 Å². The quantitative estimate of drug-likeness (QED) is 0.851. The first-order valence-corrected chi connectivity index (χ1v) is 6.50. The van der Waals surface area contributed by atoms with Gasteiger partial charge in [0.05, 0.1) is 11.9 Å². The van der Waals surface area contributed by atoms with Gasteiger partial charge in [-0.2, -0.15) is 5.10 Å². The SMILES string of the molecule is CCn1cc(CNC(=S)Nc2ccc(F)cc2F)cn1. The zero-order valence-corrected chi connectivity index (χ0v) is 11.7. The van der Waals surface area contributed by atoms with Crippen molar-refractivity contribution < 1.29 is 8.78 Å². The Morgan fingerprint density at radius 1 is 1.40 bits per heavy atom. The van der Waals surface area contributed by atoms with Gasteiger partial charge in [0.1, 0.15) is 11.6 Å². The van der Waals surface area contributed by atoms with Crippen molar-refractivity contribution in [3.8, 4) is 0 Å². The number of nitrogens with zero attached hydrogens (tertiary/aromatic N) is 2. The second-order valence-electron chi connectivity index (χ2n) is 4.14. The Labute approximate surface area is 120 Å². The van der Waals surface area contributed by atoms with E-state index in [2.05, 4.69) is 15.7 Å². The van der Waals surface area contributed by atoms with Crippen molar-refractivity contribution in [3.05, 3.63) is 47.8 Å². The number of hydrogen-bond donors (Lipinski definition) is 2.